The predicted octanol–water partition coefficient (Wildman–Crippen LogP) is 3.28. The van der Waals surface area contributed by atoms with Gasteiger partial charge in [0, 0.05) is 13.1 Å². The van der Waals surface area contributed by atoms with Gasteiger partial charge in [-0.15, -0.1) is 0 Å². The number of rotatable bonds is 7. The number of benzene rings is 1. The molecule has 0 amide bonds. The summed E-state index contributed by atoms with van der Waals surface area (Å²) in [4.78, 5) is 0. The van der Waals surface area contributed by atoms with Crippen molar-refractivity contribution in [2.24, 2.45) is 5.41 Å². The highest BCUT2D eigenvalue weighted by Gasteiger charge is 2.31. The predicted molar refractivity (Wildman–Crippen MR) is 85.2 cm³/mol. The Morgan fingerprint density at radius 2 is 2.20 bits per heavy atom. The highest BCUT2D eigenvalue weighted by Crippen LogP contribution is 2.39. The summed E-state index contributed by atoms with van der Waals surface area (Å²) in [6.45, 7) is 6.22. The van der Waals surface area contributed by atoms with Crippen LogP contribution in [0.3, 0.4) is 0 Å². The molecule has 0 aliphatic heterocycles. The van der Waals surface area contributed by atoms with E-state index in [1.54, 1.807) is 0 Å². The highest BCUT2D eigenvalue weighted by molar-refractivity contribution is 9.10. The molecule has 112 valence electrons. The van der Waals surface area contributed by atoms with Gasteiger partial charge in [0.05, 0.1) is 4.47 Å². The molecule has 1 fully saturated rings. The van der Waals surface area contributed by atoms with Crippen molar-refractivity contribution in [1.29, 1.82) is 0 Å². The summed E-state index contributed by atoms with van der Waals surface area (Å²) in [5.74, 6) is 0.778. The molecule has 2 rings (SSSR count). The molecule has 0 saturated heterocycles. The molecule has 1 aromatic rings. The molecule has 1 aliphatic rings. The minimum atomic E-state index is -0.480. The van der Waals surface area contributed by atoms with Gasteiger partial charge in [0.1, 0.15) is 18.5 Å². The minimum absolute atomic E-state index is 0.311. The van der Waals surface area contributed by atoms with Crippen LogP contribution in [0.25, 0.3) is 0 Å². The maximum Gasteiger partial charge on any atom is 0.133 e. The standard InChI is InChI=1S/C16H24BrNO2/c1-12-4-5-15(14(17)8-12)20-10-13(19)9-18-11-16(2)6-3-7-16/h4-5,8,13,18-19H,3,6-7,9-11H2,1-2H3. The van der Waals surface area contributed by atoms with Gasteiger partial charge in [-0.3, -0.25) is 0 Å². The van der Waals surface area contributed by atoms with Crippen molar-refractivity contribution in [1.82, 2.24) is 5.32 Å². The molecule has 0 spiro atoms. The van der Waals surface area contributed by atoms with Crippen LogP contribution in [0.4, 0.5) is 0 Å². The van der Waals surface area contributed by atoms with Gasteiger partial charge < -0.3 is 15.2 Å². The van der Waals surface area contributed by atoms with Crippen molar-refractivity contribution in [2.45, 2.75) is 39.2 Å². The van der Waals surface area contributed by atoms with Gasteiger partial charge in [0.2, 0.25) is 0 Å². The van der Waals surface area contributed by atoms with Crippen molar-refractivity contribution in [2.75, 3.05) is 19.7 Å². The lowest BCUT2D eigenvalue weighted by Gasteiger charge is -2.38. The van der Waals surface area contributed by atoms with E-state index in [-0.39, 0.29) is 0 Å². The summed E-state index contributed by atoms with van der Waals surface area (Å²) in [5.41, 5.74) is 1.63. The quantitative estimate of drug-likeness (QED) is 0.799. The lowest BCUT2D eigenvalue weighted by Crippen LogP contribution is -2.41. The Kier molecular flexibility index (Phi) is 5.47. The van der Waals surface area contributed by atoms with Crippen LogP contribution in [0, 0.1) is 12.3 Å². The molecule has 0 radical (unpaired) electrons. The summed E-state index contributed by atoms with van der Waals surface area (Å²) in [6.07, 6.45) is 3.45. The molecule has 1 aliphatic carbocycles. The lowest BCUT2D eigenvalue weighted by molar-refractivity contribution is 0.0943. The van der Waals surface area contributed by atoms with E-state index >= 15 is 0 Å². The van der Waals surface area contributed by atoms with E-state index in [9.17, 15) is 5.11 Å². The van der Waals surface area contributed by atoms with Crippen LogP contribution in [0.2, 0.25) is 0 Å². The first-order valence-corrected chi connectivity index (χ1v) is 8.06. The van der Waals surface area contributed by atoms with Crippen molar-refractivity contribution >= 4 is 15.9 Å². The number of ether oxygens (including phenoxy) is 1. The van der Waals surface area contributed by atoms with E-state index < -0.39 is 6.10 Å². The third kappa shape index (κ3) is 4.47. The monoisotopic (exact) mass is 341 g/mol. The van der Waals surface area contributed by atoms with E-state index in [0.29, 0.717) is 18.6 Å². The Bertz CT molecular complexity index is 446. The molecule has 2 N–H and O–H groups in total. The van der Waals surface area contributed by atoms with Gasteiger partial charge in [-0.1, -0.05) is 19.4 Å². The summed E-state index contributed by atoms with van der Waals surface area (Å²) in [6, 6.07) is 5.94. The number of nitrogens with one attached hydrogen (secondary N) is 1. The van der Waals surface area contributed by atoms with Crippen LogP contribution in [0.5, 0.6) is 5.75 Å². The number of hydrogen-bond donors (Lipinski definition) is 2. The summed E-state index contributed by atoms with van der Waals surface area (Å²) < 4.78 is 6.57. The van der Waals surface area contributed by atoms with Crippen molar-refractivity contribution in [3.63, 3.8) is 0 Å². The van der Waals surface area contributed by atoms with Crippen LogP contribution in [0.15, 0.2) is 22.7 Å². The average Bonchev–Trinajstić information content (AvgIpc) is 2.35. The molecular formula is C16H24BrNO2. The van der Waals surface area contributed by atoms with Crippen LogP contribution in [-0.2, 0) is 0 Å². The third-order valence-corrected chi connectivity index (χ3v) is 4.63. The van der Waals surface area contributed by atoms with Gasteiger partial charge >= 0.3 is 0 Å². The topological polar surface area (TPSA) is 41.5 Å². The number of aliphatic hydroxyl groups is 1. The zero-order valence-electron chi connectivity index (χ0n) is 12.3. The van der Waals surface area contributed by atoms with Crippen molar-refractivity contribution in [3.05, 3.63) is 28.2 Å². The summed E-state index contributed by atoms with van der Waals surface area (Å²) in [5, 5.41) is 13.3. The highest BCUT2D eigenvalue weighted by atomic mass is 79.9. The fourth-order valence-corrected chi connectivity index (χ4v) is 3.07. The SMILES string of the molecule is Cc1ccc(OCC(O)CNCC2(C)CCC2)c(Br)c1. The first-order chi connectivity index (χ1) is 9.48. The zero-order chi connectivity index (χ0) is 14.6. The fraction of sp³-hybridized carbons (Fsp3) is 0.625. The lowest BCUT2D eigenvalue weighted by atomic mass is 9.70. The van der Waals surface area contributed by atoms with E-state index in [1.165, 1.54) is 24.8 Å². The van der Waals surface area contributed by atoms with Crippen molar-refractivity contribution in [3.8, 4) is 5.75 Å². The summed E-state index contributed by atoms with van der Waals surface area (Å²) in [7, 11) is 0. The third-order valence-electron chi connectivity index (χ3n) is 4.01. The molecule has 3 nitrogen and oxygen atoms in total. The molecule has 1 aromatic carbocycles. The molecular weight excluding hydrogens is 318 g/mol. The Hall–Kier alpha value is -0.580. The Balaban J connectivity index is 1.67. The van der Waals surface area contributed by atoms with E-state index in [1.807, 2.05) is 25.1 Å². The smallest absolute Gasteiger partial charge is 0.133 e. The Morgan fingerprint density at radius 3 is 2.80 bits per heavy atom. The van der Waals surface area contributed by atoms with Gasteiger partial charge in [0.15, 0.2) is 0 Å². The molecule has 1 saturated carbocycles. The normalized spacial score (nSPS) is 18.4. The number of hydrogen-bond acceptors (Lipinski definition) is 3. The molecule has 4 heteroatoms. The Labute approximate surface area is 129 Å². The van der Waals surface area contributed by atoms with Gasteiger partial charge in [0.25, 0.3) is 0 Å². The van der Waals surface area contributed by atoms with Crippen LogP contribution in [-0.4, -0.2) is 30.9 Å². The molecule has 0 heterocycles. The first-order valence-electron chi connectivity index (χ1n) is 7.26. The van der Waals surface area contributed by atoms with Crippen LogP contribution >= 0.6 is 15.9 Å². The van der Waals surface area contributed by atoms with E-state index in [0.717, 1.165) is 16.8 Å². The average molecular weight is 342 g/mol. The molecule has 20 heavy (non-hydrogen) atoms. The Morgan fingerprint density at radius 1 is 1.45 bits per heavy atom. The first kappa shape index (κ1) is 15.8. The molecule has 0 aromatic heterocycles. The maximum atomic E-state index is 9.94. The second kappa shape index (κ2) is 6.92. The summed E-state index contributed by atoms with van der Waals surface area (Å²) >= 11 is 3.47. The van der Waals surface area contributed by atoms with Gasteiger partial charge in [-0.25, -0.2) is 0 Å². The second-order valence-corrected chi connectivity index (χ2v) is 7.05. The number of aliphatic hydroxyl groups excluding tert-OH is 1. The molecule has 0 bridgehead atoms. The van der Waals surface area contributed by atoms with Gasteiger partial charge in [-0.05, 0) is 58.8 Å². The number of halogens is 1. The fourth-order valence-electron chi connectivity index (χ4n) is 2.47. The van der Waals surface area contributed by atoms with E-state index in [2.05, 4.69) is 28.2 Å². The van der Waals surface area contributed by atoms with Crippen molar-refractivity contribution < 1.29 is 9.84 Å². The largest absolute Gasteiger partial charge is 0.490 e. The second-order valence-electron chi connectivity index (χ2n) is 6.19. The van der Waals surface area contributed by atoms with Crippen LogP contribution < -0.4 is 10.1 Å². The van der Waals surface area contributed by atoms with Gasteiger partial charge in [-0.2, -0.15) is 0 Å². The zero-order valence-corrected chi connectivity index (χ0v) is 13.9. The van der Waals surface area contributed by atoms with E-state index in [4.69, 9.17) is 4.74 Å². The number of aryl methyl sites for hydroxylation is 1. The molecule has 1 atom stereocenters. The van der Waals surface area contributed by atoms with Crippen LogP contribution in [0.1, 0.15) is 31.7 Å². The minimum Gasteiger partial charge on any atom is -0.490 e. The molecule has 1 unspecified atom stereocenters. The maximum absolute atomic E-state index is 9.94.